The van der Waals surface area contributed by atoms with Gasteiger partial charge >= 0.3 is 5.69 Å². The summed E-state index contributed by atoms with van der Waals surface area (Å²) in [5.74, 6) is -0.229. The lowest BCUT2D eigenvalue weighted by Crippen LogP contribution is -2.25. The third-order valence-electron chi connectivity index (χ3n) is 9.96. The van der Waals surface area contributed by atoms with Crippen molar-refractivity contribution in [1.82, 2.24) is 19.0 Å². The molecule has 0 unspecified atom stereocenters. The van der Waals surface area contributed by atoms with Gasteiger partial charge < -0.3 is 29.3 Å². The Morgan fingerprint density at radius 3 is 2.19 bits per heavy atom. The second-order valence-electron chi connectivity index (χ2n) is 13.7. The van der Waals surface area contributed by atoms with Crippen molar-refractivity contribution in [2.45, 2.75) is 19.5 Å². The van der Waals surface area contributed by atoms with Crippen LogP contribution >= 0.6 is 0 Å². The van der Waals surface area contributed by atoms with E-state index in [4.69, 9.17) is 18.6 Å². The van der Waals surface area contributed by atoms with Crippen LogP contribution in [-0.2, 0) is 33.6 Å². The molecular formula is C44H42N6O8. The minimum Gasteiger partial charge on any atom is -0.495 e. The summed E-state index contributed by atoms with van der Waals surface area (Å²) >= 11 is 0. The Kier molecular flexibility index (Phi) is 11.4. The SMILES string of the molecule is COc1cncc(CN(CCc2ccc(NC(=O)c3cc(OC)c(OC)cc3NC(=O)c3cc(=O)c4ccccc4o3)cc2)Cc2ccc3c(c2)n(C)c(=O)n3C)c1. The molecule has 0 atom stereocenters. The van der Waals surface area contributed by atoms with Gasteiger partial charge in [0.15, 0.2) is 22.7 Å². The Hall–Kier alpha value is -7.19. The average molecular weight is 783 g/mol. The Morgan fingerprint density at radius 1 is 0.724 bits per heavy atom. The van der Waals surface area contributed by atoms with Crippen molar-refractivity contribution in [2.75, 3.05) is 38.5 Å². The van der Waals surface area contributed by atoms with Crippen molar-refractivity contribution in [2.24, 2.45) is 14.1 Å². The largest absolute Gasteiger partial charge is 0.495 e. The van der Waals surface area contributed by atoms with Crippen molar-refractivity contribution in [3.05, 3.63) is 152 Å². The number of benzene rings is 4. The normalized spacial score (nSPS) is 11.2. The molecule has 0 saturated heterocycles. The highest BCUT2D eigenvalue weighted by atomic mass is 16.5. The monoisotopic (exact) mass is 782 g/mol. The summed E-state index contributed by atoms with van der Waals surface area (Å²) in [6.45, 7) is 1.93. The molecular weight excluding hydrogens is 741 g/mol. The summed E-state index contributed by atoms with van der Waals surface area (Å²) in [4.78, 5) is 59.1. The van der Waals surface area contributed by atoms with E-state index >= 15 is 0 Å². The van der Waals surface area contributed by atoms with Gasteiger partial charge in [0.25, 0.3) is 11.8 Å². The number of amides is 2. The van der Waals surface area contributed by atoms with Gasteiger partial charge in [-0.3, -0.25) is 33.4 Å². The number of para-hydroxylation sites is 1. The number of carbonyl (C=O) groups is 2. The molecule has 14 nitrogen and oxygen atoms in total. The lowest BCUT2D eigenvalue weighted by molar-refractivity contribution is 0.0997. The lowest BCUT2D eigenvalue weighted by Gasteiger charge is -2.23. The predicted octanol–water partition coefficient (Wildman–Crippen LogP) is 6.15. The fraction of sp³-hybridized carbons (Fsp3) is 0.205. The molecule has 0 aliphatic carbocycles. The Labute approximate surface area is 333 Å². The number of ether oxygens (including phenoxy) is 3. The molecule has 0 spiro atoms. The third kappa shape index (κ3) is 8.32. The van der Waals surface area contributed by atoms with E-state index in [2.05, 4.69) is 26.6 Å². The van der Waals surface area contributed by atoms with Gasteiger partial charge in [-0.15, -0.1) is 0 Å². The highest BCUT2D eigenvalue weighted by molar-refractivity contribution is 6.12. The smallest absolute Gasteiger partial charge is 0.328 e. The molecule has 2 amide bonds. The molecule has 7 rings (SSSR count). The van der Waals surface area contributed by atoms with Crippen LogP contribution in [0.2, 0.25) is 0 Å². The van der Waals surface area contributed by atoms with Crippen molar-refractivity contribution in [1.29, 1.82) is 0 Å². The number of imidazole rings is 1. The number of methoxy groups -OCH3 is 3. The van der Waals surface area contributed by atoms with Crippen molar-refractivity contribution in [3.63, 3.8) is 0 Å². The molecule has 3 aromatic heterocycles. The molecule has 0 radical (unpaired) electrons. The van der Waals surface area contributed by atoms with Gasteiger partial charge in [-0.25, -0.2) is 4.79 Å². The number of rotatable bonds is 14. The summed E-state index contributed by atoms with van der Waals surface area (Å²) in [5, 5.41) is 5.96. The first-order valence-electron chi connectivity index (χ1n) is 18.4. The number of nitrogens with zero attached hydrogens (tertiary/aromatic N) is 4. The zero-order chi connectivity index (χ0) is 40.9. The third-order valence-corrected chi connectivity index (χ3v) is 9.96. The quantitative estimate of drug-likeness (QED) is 0.131. The van der Waals surface area contributed by atoms with Crippen LogP contribution in [0.4, 0.5) is 11.4 Å². The second kappa shape index (κ2) is 16.9. The molecule has 7 aromatic rings. The number of hydrogen-bond acceptors (Lipinski definition) is 10. The highest BCUT2D eigenvalue weighted by Gasteiger charge is 2.21. The number of anilines is 2. The minimum absolute atomic E-state index is 0.0739. The molecule has 0 aliphatic rings. The van der Waals surface area contributed by atoms with Crippen LogP contribution < -0.4 is 36.0 Å². The fourth-order valence-corrected chi connectivity index (χ4v) is 6.85. The fourth-order valence-electron chi connectivity index (χ4n) is 6.85. The zero-order valence-corrected chi connectivity index (χ0v) is 32.7. The number of hydrogen-bond donors (Lipinski definition) is 2. The maximum Gasteiger partial charge on any atom is 0.328 e. The van der Waals surface area contributed by atoms with E-state index in [9.17, 15) is 19.2 Å². The van der Waals surface area contributed by atoms with Gasteiger partial charge in [0.05, 0.1) is 55.2 Å². The van der Waals surface area contributed by atoms with E-state index in [0.717, 1.165) is 33.8 Å². The van der Waals surface area contributed by atoms with Gasteiger partial charge in [0.2, 0.25) is 0 Å². The number of fused-ring (bicyclic) bond motifs is 2. The standard InChI is InChI=1S/C44H42N6O8/c1-48-35-15-12-28(19-36(35)49(2)44(48)54)25-50(26-29-18-31(55-3)24-45-23-29)17-16-27-10-13-30(14-11-27)46-42(52)33-20-39(56-4)40(57-5)21-34(33)47-43(53)41-22-37(51)32-8-6-7-9-38(32)58-41/h6-15,18-24H,16-17,25-26H2,1-5H3,(H,46,52)(H,47,53). The first kappa shape index (κ1) is 39.1. The number of carbonyl (C=O) groups excluding carboxylic acids is 2. The van der Waals surface area contributed by atoms with Gasteiger partial charge in [-0.1, -0.05) is 30.3 Å². The number of aromatic nitrogens is 3. The Morgan fingerprint density at radius 2 is 1.43 bits per heavy atom. The van der Waals surface area contributed by atoms with Crippen molar-refractivity contribution >= 4 is 45.2 Å². The summed E-state index contributed by atoms with van der Waals surface area (Å²) in [6.07, 6.45) is 4.20. The lowest BCUT2D eigenvalue weighted by atomic mass is 10.1. The molecule has 3 heterocycles. The van der Waals surface area contributed by atoms with E-state index < -0.39 is 11.8 Å². The summed E-state index contributed by atoms with van der Waals surface area (Å²) < 4.78 is 25.3. The van der Waals surface area contributed by atoms with E-state index in [1.165, 1.54) is 26.4 Å². The minimum atomic E-state index is -0.726. The van der Waals surface area contributed by atoms with Crippen LogP contribution in [0.15, 0.2) is 117 Å². The van der Waals surface area contributed by atoms with Gasteiger partial charge in [0, 0.05) is 57.7 Å². The molecule has 58 heavy (non-hydrogen) atoms. The van der Waals surface area contributed by atoms with Crippen LogP contribution in [0, 0.1) is 0 Å². The number of aryl methyl sites for hydroxylation is 2. The van der Waals surface area contributed by atoms with Crippen LogP contribution in [0.3, 0.4) is 0 Å². The van der Waals surface area contributed by atoms with E-state index in [1.807, 2.05) is 48.7 Å². The first-order valence-corrected chi connectivity index (χ1v) is 18.4. The maximum atomic E-state index is 13.8. The molecule has 0 fully saturated rings. The van der Waals surface area contributed by atoms with E-state index in [-0.39, 0.29) is 45.2 Å². The van der Waals surface area contributed by atoms with Crippen LogP contribution in [0.25, 0.3) is 22.0 Å². The Balaban J connectivity index is 1.07. The van der Waals surface area contributed by atoms with Crippen molar-refractivity contribution in [3.8, 4) is 17.2 Å². The molecule has 0 aliphatic heterocycles. The topological polar surface area (TPSA) is 159 Å². The predicted molar refractivity (Wildman–Crippen MR) is 221 cm³/mol. The second-order valence-corrected chi connectivity index (χ2v) is 13.7. The Bertz CT molecular complexity index is 2770. The molecule has 296 valence electrons. The van der Waals surface area contributed by atoms with Crippen molar-refractivity contribution < 1.29 is 28.2 Å². The average Bonchev–Trinajstić information content (AvgIpc) is 3.45. The molecule has 14 heteroatoms. The van der Waals surface area contributed by atoms with Gasteiger partial charge in [-0.05, 0) is 71.6 Å². The summed E-state index contributed by atoms with van der Waals surface area (Å²) in [7, 11) is 8.05. The van der Waals surface area contributed by atoms with Crippen LogP contribution in [0.5, 0.6) is 17.2 Å². The van der Waals surface area contributed by atoms with Crippen LogP contribution in [0.1, 0.15) is 37.6 Å². The maximum absolute atomic E-state index is 13.8. The van der Waals surface area contributed by atoms with Gasteiger partial charge in [-0.2, -0.15) is 0 Å². The van der Waals surface area contributed by atoms with Gasteiger partial charge in [0.1, 0.15) is 11.3 Å². The molecule has 0 saturated carbocycles. The van der Waals surface area contributed by atoms with Crippen LogP contribution in [-0.4, -0.2) is 58.7 Å². The summed E-state index contributed by atoms with van der Waals surface area (Å²) in [6, 6.07) is 26.3. The van der Waals surface area contributed by atoms with E-state index in [1.54, 1.807) is 60.8 Å². The molecule has 4 aromatic carbocycles. The summed E-state index contributed by atoms with van der Waals surface area (Å²) in [5.41, 5.74) is 5.40. The van der Waals surface area contributed by atoms with E-state index in [0.29, 0.717) is 42.9 Å². The first-order chi connectivity index (χ1) is 28.0. The number of pyridine rings is 1. The molecule has 0 bridgehead atoms. The molecule has 2 N–H and O–H groups in total. The number of nitrogens with one attached hydrogen (secondary N) is 2. The highest BCUT2D eigenvalue weighted by Crippen LogP contribution is 2.34. The zero-order valence-electron chi connectivity index (χ0n) is 32.7.